The number of benzene rings is 1. The van der Waals surface area contributed by atoms with Crippen molar-refractivity contribution in [2.24, 2.45) is 29.6 Å². The standard InChI is InChI=1S/C28H43NO5/c1-18(14-22(30)17-34-23-7-3-2-4-8-23)28-24(25(31)16-26(28)32)15-20-11-10-19(20)6-5-9-27(33)29-21-12-13-21/h2-4,7-8,18-22,24-26,28,30-32H,5-6,9-17H2,1H3,(H,29,33). The number of hydrogen-bond donors (Lipinski definition) is 4. The Morgan fingerprint density at radius 3 is 2.50 bits per heavy atom. The number of carbonyl (C=O) groups excluding carboxylic acids is 1. The molecule has 3 aliphatic rings. The molecule has 0 aliphatic heterocycles. The number of carbonyl (C=O) groups is 1. The number of amides is 1. The van der Waals surface area contributed by atoms with Gasteiger partial charge in [-0.2, -0.15) is 0 Å². The van der Waals surface area contributed by atoms with Crippen molar-refractivity contribution in [1.29, 1.82) is 0 Å². The molecule has 4 N–H and O–H groups in total. The molecule has 8 atom stereocenters. The lowest BCUT2D eigenvalue weighted by molar-refractivity contribution is -0.121. The van der Waals surface area contributed by atoms with Gasteiger partial charge in [0.15, 0.2) is 0 Å². The molecule has 34 heavy (non-hydrogen) atoms. The van der Waals surface area contributed by atoms with Gasteiger partial charge in [-0.15, -0.1) is 0 Å². The lowest BCUT2D eigenvalue weighted by Crippen LogP contribution is -2.36. The van der Waals surface area contributed by atoms with E-state index in [1.165, 1.54) is 12.8 Å². The Morgan fingerprint density at radius 2 is 1.82 bits per heavy atom. The van der Waals surface area contributed by atoms with Crippen LogP contribution in [0.1, 0.15) is 71.1 Å². The average Bonchev–Trinajstić information content (AvgIpc) is 3.56. The van der Waals surface area contributed by atoms with Crippen LogP contribution in [0.3, 0.4) is 0 Å². The third-order valence-electron chi connectivity index (χ3n) is 8.47. The van der Waals surface area contributed by atoms with Crippen molar-refractivity contribution in [3.8, 4) is 5.75 Å². The molecular weight excluding hydrogens is 430 g/mol. The quantitative estimate of drug-likeness (QED) is 0.350. The fraction of sp³-hybridized carbons (Fsp3) is 0.750. The van der Waals surface area contributed by atoms with Gasteiger partial charge in [0.1, 0.15) is 12.4 Å². The highest BCUT2D eigenvalue weighted by molar-refractivity contribution is 5.76. The highest BCUT2D eigenvalue weighted by Crippen LogP contribution is 2.48. The van der Waals surface area contributed by atoms with Gasteiger partial charge in [-0.25, -0.2) is 0 Å². The highest BCUT2D eigenvalue weighted by atomic mass is 16.5. The molecule has 1 amide bonds. The summed E-state index contributed by atoms with van der Waals surface area (Å²) in [6, 6.07) is 9.91. The van der Waals surface area contributed by atoms with Crippen molar-refractivity contribution in [3.63, 3.8) is 0 Å². The maximum absolute atomic E-state index is 12.0. The molecule has 8 unspecified atom stereocenters. The number of nitrogens with one attached hydrogen (secondary N) is 1. The maximum Gasteiger partial charge on any atom is 0.220 e. The predicted molar refractivity (Wildman–Crippen MR) is 131 cm³/mol. The molecule has 1 aromatic carbocycles. The van der Waals surface area contributed by atoms with Gasteiger partial charge >= 0.3 is 0 Å². The first kappa shape index (κ1) is 25.5. The van der Waals surface area contributed by atoms with Crippen molar-refractivity contribution in [2.75, 3.05) is 6.61 Å². The van der Waals surface area contributed by atoms with Crippen LogP contribution in [0.2, 0.25) is 0 Å². The van der Waals surface area contributed by atoms with Crippen LogP contribution in [0.5, 0.6) is 5.75 Å². The van der Waals surface area contributed by atoms with E-state index in [1.54, 1.807) is 0 Å². The zero-order chi connectivity index (χ0) is 24.1. The minimum Gasteiger partial charge on any atom is -0.491 e. The minimum atomic E-state index is -0.612. The molecule has 0 saturated heterocycles. The molecule has 190 valence electrons. The van der Waals surface area contributed by atoms with E-state index in [1.807, 2.05) is 30.3 Å². The molecule has 0 heterocycles. The molecule has 0 aromatic heterocycles. The van der Waals surface area contributed by atoms with E-state index in [-0.39, 0.29) is 30.3 Å². The summed E-state index contributed by atoms with van der Waals surface area (Å²) in [6.45, 7) is 2.31. The minimum absolute atomic E-state index is 0.00746. The van der Waals surface area contributed by atoms with Crippen molar-refractivity contribution in [2.45, 2.75) is 95.5 Å². The molecule has 0 radical (unpaired) electrons. The van der Waals surface area contributed by atoms with Crippen LogP contribution in [0, 0.1) is 29.6 Å². The summed E-state index contributed by atoms with van der Waals surface area (Å²) >= 11 is 0. The van der Waals surface area contributed by atoms with E-state index in [2.05, 4.69) is 12.2 Å². The van der Waals surface area contributed by atoms with E-state index in [9.17, 15) is 20.1 Å². The number of hydrogen-bond acceptors (Lipinski definition) is 5. The van der Waals surface area contributed by atoms with E-state index in [4.69, 9.17) is 4.74 Å². The fourth-order valence-electron chi connectivity index (χ4n) is 6.33. The monoisotopic (exact) mass is 473 g/mol. The first-order valence-corrected chi connectivity index (χ1v) is 13.4. The SMILES string of the molecule is CC(CC(O)COc1ccccc1)C1C(O)CC(O)C1CC1CCC1CCCC(=O)NC1CC1. The zero-order valence-electron chi connectivity index (χ0n) is 20.5. The van der Waals surface area contributed by atoms with Gasteiger partial charge in [-0.05, 0) is 99.5 Å². The molecule has 1 aromatic rings. The lowest BCUT2D eigenvalue weighted by atomic mass is 9.65. The summed E-state index contributed by atoms with van der Waals surface area (Å²) in [7, 11) is 0. The Hall–Kier alpha value is -1.63. The van der Waals surface area contributed by atoms with Crippen LogP contribution in [0.4, 0.5) is 0 Å². The summed E-state index contributed by atoms with van der Waals surface area (Å²) in [5.74, 6) is 2.28. The van der Waals surface area contributed by atoms with Crippen LogP contribution in [0.25, 0.3) is 0 Å². The molecule has 4 rings (SSSR count). The van der Waals surface area contributed by atoms with Gasteiger partial charge in [0.2, 0.25) is 5.91 Å². The third kappa shape index (κ3) is 6.96. The molecule has 3 aliphatic carbocycles. The second-order valence-corrected chi connectivity index (χ2v) is 11.2. The van der Waals surface area contributed by atoms with E-state index < -0.39 is 18.3 Å². The molecule has 0 bridgehead atoms. The Balaban J connectivity index is 1.22. The number of ether oxygens (including phenoxy) is 1. The van der Waals surface area contributed by atoms with Gasteiger partial charge in [0.05, 0.1) is 18.3 Å². The van der Waals surface area contributed by atoms with Gasteiger partial charge in [-0.1, -0.05) is 25.1 Å². The van der Waals surface area contributed by atoms with Crippen LogP contribution in [0.15, 0.2) is 30.3 Å². The second kappa shape index (κ2) is 11.9. The number of rotatable bonds is 13. The molecule has 3 fully saturated rings. The predicted octanol–water partition coefficient (Wildman–Crippen LogP) is 3.68. The average molecular weight is 474 g/mol. The second-order valence-electron chi connectivity index (χ2n) is 11.2. The summed E-state index contributed by atoms with van der Waals surface area (Å²) < 4.78 is 5.70. The van der Waals surface area contributed by atoms with Crippen molar-refractivity contribution in [1.82, 2.24) is 5.32 Å². The first-order chi connectivity index (χ1) is 16.4. The largest absolute Gasteiger partial charge is 0.491 e. The summed E-state index contributed by atoms with van der Waals surface area (Å²) in [5.41, 5.74) is 0. The Bertz CT molecular complexity index is 769. The van der Waals surface area contributed by atoms with Gasteiger partial charge in [0, 0.05) is 12.5 Å². The van der Waals surface area contributed by atoms with E-state index in [0.717, 1.165) is 37.9 Å². The van der Waals surface area contributed by atoms with Gasteiger partial charge < -0.3 is 25.4 Å². The van der Waals surface area contributed by atoms with Crippen LogP contribution in [-0.2, 0) is 4.79 Å². The summed E-state index contributed by atoms with van der Waals surface area (Å²) in [5, 5.41) is 35.1. The number of aliphatic hydroxyl groups is 3. The van der Waals surface area contributed by atoms with Crippen molar-refractivity contribution >= 4 is 5.91 Å². The third-order valence-corrected chi connectivity index (χ3v) is 8.47. The highest BCUT2D eigenvalue weighted by Gasteiger charge is 2.47. The Kier molecular flexibility index (Phi) is 8.89. The lowest BCUT2D eigenvalue weighted by Gasteiger charge is -2.41. The molecule has 3 saturated carbocycles. The molecule has 6 heteroatoms. The fourth-order valence-corrected chi connectivity index (χ4v) is 6.33. The van der Waals surface area contributed by atoms with Crippen molar-refractivity contribution < 1.29 is 24.9 Å². The molecule has 6 nitrogen and oxygen atoms in total. The van der Waals surface area contributed by atoms with Crippen LogP contribution >= 0.6 is 0 Å². The summed E-state index contributed by atoms with van der Waals surface area (Å²) in [6.07, 6.45) is 7.54. The Labute approximate surface area is 204 Å². The maximum atomic E-state index is 12.0. The number of aliphatic hydroxyl groups excluding tert-OH is 3. The van der Waals surface area contributed by atoms with Gasteiger partial charge in [-0.3, -0.25) is 4.79 Å². The van der Waals surface area contributed by atoms with E-state index in [0.29, 0.717) is 37.1 Å². The topological polar surface area (TPSA) is 99.0 Å². The Morgan fingerprint density at radius 1 is 1.09 bits per heavy atom. The molecule has 0 spiro atoms. The normalized spacial score (nSPS) is 32.6. The number of para-hydroxylation sites is 1. The smallest absolute Gasteiger partial charge is 0.220 e. The van der Waals surface area contributed by atoms with Crippen LogP contribution < -0.4 is 10.1 Å². The van der Waals surface area contributed by atoms with Gasteiger partial charge in [0.25, 0.3) is 0 Å². The van der Waals surface area contributed by atoms with E-state index >= 15 is 0 Å². The van der Waals surface area contributed by atoms with Crippen molar-refractivity contribution in [3.05, 3.63) is 30.3 Å². The zero-order valence-corrected chi connectivity index (χ0v) is 20.5. The molecular formula is C28H43NO5. The summed E-state index contributed by atoms with van der Waals surface area (Å²) in [4.78, 5) is 12.0. The first-order valence-electron chi connectivity index (χ1n) is 13.4. The van der Waals surface area contributed by atoms with Crippen LogP contribution in [-0.4, -0.2) is 52.2 Å².